The molecule has 62 valence electrons. The van der Waals surface area contributed by atoms with E-state index in [1.807, 2.05) is 5.48 Å². The topological polar surface area (TPSA) is 72.7 Å². The molecule has 10 heavy (non-hydrogen) atoms. The van der Waals surface area contributed by atoms with Gasteiger partial charge in [-0.25, -0.2) is 0 Å². The number of rotatable bonds is 3. The molecule has 2 atom stereocenters. The highest BCUT2D eigenvalue weighted by molar-refractivity contribution is 4.85. The van der Waals surface area contributed by atoms with E-state index < -0.39 is 17.7 Å². The van der Waals surface area contributed by atoms with Gasteiger partial charge >= 0.3 is 0 Å². The van der Waals surface area contributed by atoms with E-state index in [0.29, 0.717) is 0 Å². The third-order valence-corrected chi connectivity index (χ3v) is 1.48. The van der Waals surface area contributed by atoms with Crippen LogP contribution in [0, 0.1) is 0 Å². The highest BCUT2D eigenvalue weighted by Gasteiger charge is 2.30. The van der Waals surface area contributed by atoms with Crippen LogP contribution in [-0.4, -0.2) is 33.2 Å². The van der Waals surface area contributed by atoms with Crippen molar-refractivity contribution >= 4 is 0 Å². The molecule has 0 saturated heterocycles. The van der Waals surface area contributed by atoms with Crippen molar-refractivity contribution in [3.05, 3.63) is 0 Å². The second-order valence-electron chi connectivity index (χ2n) is 3.02. The highest BCUT2D eigenvalue weighted by Crippen LogP contribution is 2.10. The van der Waals surface area contributed by atoms with Gasteiger partial charge in [-0.3, -0.25) is 0 Å². The number of aliphatic hydroxyl groups excluding tert-OH is 2. The van der Waals surface area contributed by atoms with E-state index in [1.165, 1.54) is 6.92 Å². The molecule has 4 heteroatoms. The molecule has 0 aliphatic rings. The molecule has 0 heterocycles. The maximum Gasteiger partial charge on any atom is 0.0994 e. The van der Waals surface area contributed by atoms with Crippen LogP contribution in [0.4, 0.5) is 0 Å². The molecule has 0 amide bonds. The number of hydrogen-bond donors (Lipinski definition) is 4. The van der Waals surface area contributed by atoms with Crippen LogP contribution in [-0.2, 0) is 0 Å². The number of aliphatic hydroxyl groups is 2. The molecule has 0 radical (unpaired) electrons. The smallest absolute Gasteiger partial charge is 0.0994 e. The first-order valence-corrected chi connectivity index (χ1v) is 3.19. The van der Waals surface area contributed by atoms with Crippen molar-refractivity contribution < 1.29 is 15.4 Å². The van der Waals surface area contributed by atoms with Crippen molar-refractivity contribution in [2.24, 2.45) is 0 Å². The van der Waals surface area contributed by atoms with Gasteiger partial charge in [0, 0.05) is 0 Å². The Morgan fingerprint density at radius 3 is 1.80 bits per heavy atom. The summed E-state index contributed by atoms with van der Waals surface area (Å²) in [4.78, 5) is 0. The van der Waals surface area contributed by atoms with Crippen LogP contribution in [0.25, 0.3) is 0 Å². The van der Waals surface area contributed by atoms with E-state index in [9.17, 15) is 5.11 Å². The van der Waals surface area contributed by atoms with Gasteiger partial charge in [0.1, 0.15) is 0 Å². The van der Waals surface area contributed by atoms with Crippen molar-refractivity contribution in [2.45, 2.75) is 38.5 Å². The molecule has 0 fully saturated rings. The van der Waals surface area contributed by atoms with Crippen LogP contribution < -0.4 is 5.48 Å². The maximum atomic E-state index is 9.18. The van der Waals surface area contributed by atoms with E-state index in [-0.39, 0.29) is 0 Å². The summed E-state index contributed by atoms with van der Waals surface area (Å²) in [6.45, 7) is 4.64. The van der Waals surface area contributed by atoms with Gasteiger partial charge in [0.15, 0.2) is 0 Å². The summed E-state index contributed by atoms with van der Waals surface area (Å²) in [5, 5.41) is 26.6. The van der Waals surface area contributed by atoms with Crippen molar-refractivity contribution in [1.82, 2.24) is 5.48 Å². The molecule has 4 N–H and O–H groups in total. The molecule has 0 aromatic rings. The lowest BCUT2D eigenvalue weighted by atomic mass is 9.95. The fourth-order valence-corrected chi connectivity index (χ4v) is 0.669. The molecule has 0 bridgehead atoms. The minimum Gasteiger partial charge on any atom is -0.391 e. The first-order chi connectivity index (χ1) is 4.41. The van der Waals surface area contributed by atoms with Crippen molar-refractivity contribution in [1.29, 1.82) is 0 Å². The van der Waals surface area contributed by atoms with Crippen LogP contribution in [0.1, 0.15) is 20.8 Å². The molecule has 0 spiro atoms. The lowest BCUT2D eigenvalue weighted by Crippen LogP contribution is -2.52. The second kappa shape index (κ2) is 3.30. The zero-order chi connectivity index (χ0) is 8.36. The Kier molecular flexibility index (Phi) is 3.24. The average molecular weight is 149 g/mol. The van der Waals surface area contributed by atoms with E-state index in [4.69, 9.17) is 10.3 Å². The standard InChI is InChI=1S/C6H15NO3/c1-4(8)5(9)6(2,3)7-10/h4-5,7-10H,1-3H3. The van der Waals surface area contributed by atoms with Gasteiger partial charge in [-0.1, -0.05) is 0 Å². The summed E-state index contributed by atoms with van der Waals surface area (Å²) in [5.41, 5.74) is 1.05. The van der Waals surface area contributed by atoms with Gasteiger partial charge < -0.3 is 15.4 Å². The van der Waals surface area contributed by atoms with Gasteiger partial charge in [-0.05, 0) is 20.8 Å². The zero-order valence-corrected chi connectivity index (χ0v) is 6.50. The normalized spacial score (nSPS) is 18.6. The zero-order valence-electron chi connectivity index (χ0n) is 6.50. The Bertz CT molecular complexity index is 103. The van der Waals surface area contributed by atoms with Gasteiger partial charge in [-0.15, -0.1) is 0 Å². The first-order valence-electron chi connectivity index (χ1n) is 3.19. The SMILES string of the molecule is CC(O)C(O)C(C)(C)NO. The molecule has 0 aromatic carbocycles. The Hall–Kier alpha value is -0.160. The van der Waals surface area contributed by atoms with Crippen molar-refractivity contribution in [3.8, 4) is 0 Å². The highest BCUT2D eigenvalue weighted by atomic mass is 16.5. The summed E-state index contributed by atoms with van der Waals surface area (Å²) in [6.07, 6.45) is -1.83. The van der Waals surface area contributed by atoms with Gasteiger partial charge in [0.25, 0.3) is 0 Å². The summed E-state index contributed by atoms with van der Waals surface area (Å²) in [6, 6.07) is 0. The largest absolute Gasteiger partial charge is 0.391 e. The van der Waals surface area contributed by atoms with E-state index in [2.05, 4.69) is 0 Å². The van der Waals surface area contributed by atoms with Crippen LogP contribution in [0.3, 0.4) is 0 Å². The fraction of sp³-hybridized carbons (Fsp3) is 1.00. The van der Waals surface area contributed by atoms with Crippen LogP contribution in [0.2, 0.25) is 0 Å². The Labute approximate surface area is 60.5 Å². The molecular weight excluding hydrogens is 134 g/mol. The van der Waals surface area contributed by atoms with Crippen LogP contribution in [0.15, 0.2) is 0 Å². The van der Waals surface area contributed by atoms with Crippen molar-refractivity contribution in [3.63, 3.8) is 0 Å². The minimum absolute atomic E-state index is 0.852. The molecule has 4 nitrogen and oxygen atoms in total. The number of nitrogens with one attached hydrogen (secondary N) is 1. The third kappa shape index (κ3) is 2.22. The Balaban J connectivity index is 4.03. The molecule has 2 unspecified atom stereocenters. The Morgan fingerprint density at radius 2 is 1.70 bits per heavy atom. The lowest BCUT2D eigenvalue weighted by molar-refractivity contribution is -0.0647. The third-order valence-electron chi connectivity index (χ3n) is 1.48. The second-order valence-corrected chi connectivity index (χ2v) is 3.02. The van der Waals surface area contributed by atoms with Crippen molar-refractivity contribution in [2.75, 3.05) is 0 Å². The predicted octanol–water partition coefficient (Wildman–Crippen LogP) is -0.515. The molecule has 0 aromatic heterocycles. The first kappa shape index (κ1) is 9.84. The minimum atomic E-state index is -0.975. The monoisotopic (exact) mass is 149 g/mol. The summed E-state index contributed by atoms with van der Waals surface area (Å²) < 4.78 is 0. The van der Waals surface area contributed by atoms with E-state index in [1.54, 1.807) is 13.8 Å². The quantitative estimate of drug-likeness (QED) is 0.408. The molecule has 0 aliphatic heterocycles. The van der Waals surface area contributed by atoms with E-state index >= 15 is 0 Å². The molecular formula is C6H15NO3. The fourth-order valence-electron chi connectivity index (χ4n) is 0.669. The number of hydrogen-bond acceptors (Lipinski definition) is 4. The predicted molar refractivity (Wildman–Crippen MR) is 36.7 cm³/mol. The molecule has 0 rings (SSSR count). The van der Waals surface area contributed by atoms with Gasteiger partial charge in [0.2, 0.25) is 0 Å². The number of hydroxylamine groups is 1. The van der Waals surface area contributed by atoms with Gasteiger partial charge in [-0.2, -0.15) is 5.48 Å². The maximum absolute atomic E-state index is 9.18. The lowest BCUT2D eigenvalue weighted by Gasteiger charge is -2.30. The summed E-state index contributed by atoms with van der Waals surface area (Å²) >= 11 is 0. The molecule has 0 saturated carbocycles. The van der Waals surface area contributed by atoms with Crippen LogP contribution in [0.5, 0.6) is 0 Å². The molecule has 0 aliphatic carbocycles. The summed E-state index contributed by atoms with van der Waals surface area (Å²) in [5.74, 6) is 0. The van der Waals surface area contributed by atoms with Crippen LogP contribution >= 0.6 is 0 Å². The van der Waals surface area contributed by atoms with Gasteiger partial charge in [0.05, 0.1) is 17.7 Å². The Morgan fingerprint density at radius 1 is 1.30 bits per heavy atom. The summed E-state index contributed by atoms with van der Waals surface area (Å²) in [7, 11) is 0. The average Bonchev–Trinajstić information content (AvgIpc) is 1.86. The van der Waals surface area contributed by atoms with E-state index in [0.717, 1.165) is 0 Å².